The first-order valence-corrected chi connectivity index (χ1v) is 10.4. The fourth-order valence-electron chi connectivity index (χ4n) is 1.81. The fourth-order valence-corrected chi connectivity index (χ4v) is 3.62. The van der Waals surface area contributed by atoms with Gasteiger partial charge in [-0.3, -0.25) is 4.31 Å². The van der Waals surface area contributed by atoms with Gasteiger partial charge in [0.15, 0.2) is 0 Å². The Bertz CT molecular complexity index is 697. The van der Waals surface area contributed by atoms with Crippen molar-refractivity contribution >= 4 is 25.7 Å². The Balaban J connectivity index is 2.82. The lowest BCUT2D eigenvalue weighted by atomic mass is 10.0. The summed E-state index contributed by atoms with van der Waals surface area (Å²) >= 11 is 0. The first kappa shape index (κ1) is 18.9. The molecule has 1 rings (SSSR count). The maximum absolute atomic E-state index is 12.3. The van der Waals surface area contributed by atoms with Crippen molar-refractivity contribution in [1.29, 1.82) is 0 Å². The maximum Gasteiger partial charge on any atom is 0.236 e. The van der Waals surface area contributed by atoms with Crippen LogP contribution in [0.25, 0.3) is 0 Å². The Morgan fingerprint density at radius 2 is 1.82 bits per heavy atom. The van der Waals surface area contributed by atoms with Gasteiger partial charge in [0.05, 0.1) is 17.2 Å². The molecular formula is C14H24N2O4S2. The van der Waals surface area contributed by atoms with Gasteiger partial charge in [0, 0.05) is 13.6 Å². The summed E-state index contributed by atoms with van der Waals surface area (Å²) in [5.41, 5.74) is 1.62. The van der Waals surface area contributed by atoms with Crippen LogP contribution in [-0.2, 0) is 20.0 Å². The fraction of sp³-hybridized carbons (Fsp3) is 0.571. The Morgan fingerprint density at radius 3 is 2.36 bits per heavy atom. The van der Waals surface area contributed by atoms with Gasteiger partial charge in [-0.15, -0.1) is 0 Å². The monoisotopic (exact) mass is 348 g/mol. The van der Waals surface area contributed by atoms with E-state index in [2.05, 4.69) is 4.72 Å². The van der Waals surface area contributed by atoms with E-state index in [1.54, 1.807) is 6.07 Å². The minimum Gasteiger partial charge on any atom is -0.273 e. The van der Waals surface area contributed by atoms with E-state index in [9.17, 15) is 16.8 Å². The molecule has 0 saturated carbocycles. The first-order valence-electron chi connectivity index (χ1n) is 7.13. The van der Waals surface area contributed by atoms with Crippen molar-refractivity contribution in [3.63, 3.8) is 0 Å². The van der Waals surface area contributed by atoms with Gasteiger partial charge in [0.25, 0.3) is 0 Å². The third-order valence-corrected chi connectivity index (χ3v) is 6.55. The van der Waals surface area contributed by atoms with Gasteiger partial charge in [-0.05, 0) is 30.5 Å². The van der Waals surface area contributed by atoms with E-state index < -0.39 is 20.0 Å². The van der Waals surface area contributed by atoms with E-state index in [0.717, 1.165) is 5.56 Å². The molecule has 0 saturated heterocycles. The van der Waals surface area contributed by atoms with E-state index >= 15 is 0 Å². The molecule has 0 atom stereocenters. The second kappa shape index (κ2) is 7.43. The minimum absolute atomic E-state index is 0.0701. The Kier molecular flexibility index (Phi) is 6.39. The summed E-state index contributed by atoms with van der Waals surface area (Å²) in [6.07, 6.45) is 0. The highest BCUT2D eigenvalue weighted by atomic mass is 32.2. The number of benzene rings is 1. The molecule has 0 bridgehead atoms. The molecule has 0 fully saturated rings. The van der Waals surface area contributed by atoms with Crippen LogP contribution in [0.4, 0.5) is 5.69 Å². The lowest BCUT2D eigenvalue weighted by Crippen LogP contribution is -2.36. The zero-order valence-corrected chi connectivity index (χ0v) is 15.0. The topological polar surface area (TPSA) is 83.5 Å². The molecule has 0 amide bonds. The van der Waals surface area contributed by atoms with Crippen molar-refractivity contribution in [2.45, 2.75) is 26.7 Å². The van der Waals surface area contributed by atoms with Gasteiger partial charge in [-0.25, -0.2) is 21.6 Å². The summed E-state index contributed by atoms with van der Waals surface area (Å²) in [7, 11) is -5.49. The molecule has 6 nitrogen and oxygen atoms in total. The molecular weight excluding hydrogens is 324 g/mol. The number of rotatable bonds is 8. The molecule has 126 valence electrons. The standard InChI is InChI=1S/C14H24N2O4S2/c1-5-21(17,18)15-9-10-22(19,20)16(4)14-8-6-7-13(11-14)12(2)3/h6-8,11-12,15H,5,9-10H2,1-4H3. The average Bonchev–Trinajstić information content (AvgIpc) is 2.46. The number of sulfonamides is 2. The van der Waals surface area contributed by atoms with Crippen molar-refractivity contribution in [3.8, 4) is 0 Å². The van der Waals surface area contributed by atoms with Crippen LogP contribution in [0, 0.1) is 0 Å². The summed E-state index contributed by atoms with van der Waals surface area (Å²) in [5, 5.41) is 0. The number of nitrogens with one attached hydrogen (secondary N) is 1. The highest BCUT2D eigenvalue weighted by Gasteiger charge is 2.19. The van der Waals surface area contributed by atoms with Crippen LogP contribution < -0.4 is 9.03 Å². The molecule has 8 heteroatoms. The summed E-state index contributed by atoms with van der Waals surface area (Å²) < 4.78 is 50.7. The normalized spacial score (nSPS) is 12.6. The molecule has 1 N–H and O–H groups in total. The molecule has 1 aromatic rings. The highest BCUT2D eigenvalue weighted by Crippen LogP contribution is 2.22. The second-order valence-corrected chi connectivity index (χ2v) is 9.55. The molecule has 0 aliphatic carbocycles. The average molecular weight is 348 g/mol. The molecule has 0 radical (unpaired) electrons. The quantitative estimate of drug-likeness (QED) is 0.772. The van der Waals surface area contributed by atoms with Gasteiger partial charge in [0.2, 0.25) is 20.0 Å². The van der Waals surface area contributed by atoms with Crippen LogP contribution in [0.2, 0.25) is 0 Å². The third-order valence-electron chi connectivity index (χ3n) is 3.38. The van der Waals surface area contributed by atoms with Crippen LogP contribution in [0.1, 0.15) is 32.3 Å². The molecule has 0 aromatic heterocycles. The SMILES string of the molecule is CCS(=O)(=O)NCCS(=O)(=O)N(C)c1cccc(C(C)C)c1. The molecule has 1 aromatic carbocycles. The van der Waals surface area contributed by atoms with Crippen LogP contribution in [-0.4, -0.2) is 41.9 Å². The summed E-state index contributed by atoms with van der Waals surface area (Å²) in [5.74, 6) is -0.0547. The van der Waals surface area contributed by atoms with Crippen molar-refractivity contribution in [1.82, 2.24) is 4.72 Å². The Hall–Kier alpha value is -1.12. The van der Waals surface area contributed by atoms with Crippen molar-refractivity contribution in [2.24, 2.45) is 0 Å². The van der Waals surface area contributed by atoms with Gasteiger partial charge in [0.1, 0.15) is 0 Å². The van der Waals surface area contributed by atoms with Crippen LogP contribution in [0.5, 0.6) is 0 Å². The molecule has 0 spiro atoms. The van der Waals surface area contributed by atoms with E-state index in [4.69, 9.17) is 0 Å². The number of hydrogen-bond donors (Lipinski definition) is 1. The van der Waals surface area contributed by atoms with E-state index in [0.29, 0.717) is 11.6 Å². The molecule has 0 aliphatic heterocycles. The second-order valence-electron chi connectivity index (χ2n) is 5.33. The van der Waals surface area contributed by atoms with Gasteiger partial charge in [-0.2, -0.15) is 0 Å². The Morgan fingerprint density at radius 1 is 1.18 bits per heavy atom. The minimum atomic E-state index is -3.58. The summed E-state index contributed by atoms with van der Waals surface area (Å²) in [6, 6.07) is 7.32. The Labute approximate surface area is 133 Å². The van der Waals surface area contributed by atoms with Gasteiger partial charge >= 0.3 is 0 Å². The van der Waals surface area contributed by atoms with Crippen molar-refractivity contribution < 1.29 is 16.8 Å². The lowest BCUT2D eigenvalue weighted by Gasteiger charge is -2.20. The zero-order valence-electron chi connectivity index (χ0n) is 13.4. The van der Waals surface area contributed by atoms with E-state index in [-0.39, 0.29) is 18.1 Å². The molecule has 0 heterocycles. The predicted molar refractivity (Wildman–Crippen MR) is 90.2 cm³/mol. The molecule has 22 heavy (non-hydrogen) atoms. The van der Waals surface area contributed by atoms with Crippen molar-refractivity contribution in [2.75, 3.05) is 29.4 Å². The number of nitrogens with zero attached hydrogens (tertiary/aromatic N) is 1. The summed E-state index contributed by atoms with van der Waals surface area (Å²) in [4.78, 5) is 0. The molecule has 0 aliphatic rings. The first-order chi connectivity index (χ1) is 10.1. The number of hydrogen-bond acceptors (Lipinski definition) is 4. The van der Waals surface area contributed by atoms with E-state index in [1.165, 1.54) is 18.3 Å². The van der Waals surface area contributed by atoms with Crippen LogP contribution >= 0.6 is 0 Å². The molecule has 0 unspecified atom stereocenters. The smallest absolute Gasteiger partial charge is 0.236 e. The van der Waals surface area contributed by atoms with Gasteiger partial charge < -0.3 is 0 Å². The van der Waals surface area contributed by atoms with Gasteiger partial charge in [-0.1, -0.05) is 26.0 Å². The lowest BCUT2D eigenvalue weighted by molar-refractivity contribution is 0.581. The highest BCUT2D eigenvalue weighted by molar-refractivity contribution is 7.93. The summed E-state index contributed by atoms with van der Waals surface area (Å²) in [6.45, 7) is 5.44. The van der Waals surface area contributed by atoms with Crippen LogP contribution in [0.15, 0.2) is 24.3 Å². The van der Waals surface area contributed by atoms with Crippen molar-refractivity contribution in [3.05, 3.63) is 29.8 Å². The maximum atomic E-state index is 12.3. The largest absolute Gasteiger partial charge is 0.273 e. The number of anilines is 1. The van der Waals surface area contributed by atoms with E-state index in [1.807, 2.05) is 32.0 Å². The van der Waals surface area contributed by atoms with Crippen LogP contribution in [0.3, 0.4) is 0 Å². The third kappa shape index (κ3) is 5.26. The zero-order chi connectivity index (χ0) is 17.0. The predicted octanol–water partition coefficient (Wildman–Crippen LogP) is 1.52.